The van der Waals surface area contributed by atoms with Crippen molar-refractivity contribution >= 4 is 39.0 Å². The van der Waals surface area contributed by atoms with Crippen molar-refractivity contribution in [2.75, 3.05) is 26.2 Å². The number of amides is 1. The van der Waals surface area contributed by atoms with Crippen molar-refractivity contribution in [2.24, 2.45) is 17.6 Å². The SMILES string of the molecule is CC(C)(C)c1sc(C(C)(C)C(N)=O)c(Br)c1C(=O)[C@@H]1[C@@H]2CNCC2CN1CCCc1ccccc1. The zero-order valence-electron chi connectivity index (χ0n) is 21.5. The molecule has 0 aliphatic carbocycles. The smallest absolute Gasteiger partial charge is 0.228 e. The van der Waals surface area contributed by atoms with Gasteiger partial charge in [-0.3, -0.25) is 14.5 Å². The molecule has 3 atom stereocenters. The molecule has 1 amide bonds. The summed E-state index contributed by atoms with van der Waals surface area (Å²) in [7, 11) is 0. The Morgan fingerprint density at radius 1 is 1.11 bits per heavy atom. The maximum atomic E-state index is 14.4. The number of fused-ring (bicyclic) bond motifs is 1. The minimum atomic E-state index is -0.857. The van der Waals surface area contributed by atoms with Crippen molar-refractivity contribution in [3.63, 3.8) is 0 Å². The van der Waals surface area contributed by atoms with Gasteiger partial charge in [0, 0.05) is 32.9 Å². The number of nitrogens with zero attached hydrogens (tertiary/aromatic N) is 1. The highest BCUT2D eigenvalue weighted by Gasteiger charge is 2.49. The Bertz CT molecular complexity index is 1090. The first-order valence-electron chi connectivity index (χ1n) is 12.6. The number of primary amides is 1. The zero-order valence-corrected chi connectivity index (χ0v) is 23.9. The van der Waals surface area contributed by atoms with E-state index in [1.54, 1.807) is 11.3 Å². The molecule has 4 rings (SSSR count). The molecule has 0 saturated carbocycles. The number of aryl methyl sites for hydroxylation is 1. The number of carbonyl (C=O) groups is 2. The highest BCUT2D eigenvalue weighted by atomic mass is 79.9. The van der Waals surface area contributed by atoms with Crippen LogP contribution in [0, 0.1) is 11.8 Å². The fourth-order valence-electron chi connectivity index (χ4n) is 5.55. The standard InChI is InChI=1S/C28H38BrN3O2S/c1-27(2,3)24-20(21(29)25(35-24)28(4,5)26(30)34)23(33)22-19-15-31-14-18(19)16-32(22)13-9-12-17-10-7-6-8-11-17/h6-8,10-11,18-19,22,31H,9,12-16H2,1-5H3,(H2,30,34)/t18?,19-,22+/m1/s1. The van der Waals surface area contributed by atoms with Gasteiger partial charge in [0.2, 0.25) is 5.91 Å². The molecule has 2 fully saturated rings. The lowest BCUT2D eigenvalue weighted by Gasteiger charge is -2.28. The van der Waals surface area contributed by atoms with Crippen LogP contribution in [0.4, 0.5) is 0 Å². The molecular formula is C28H38BrN3O2S. The first-order valence-corrected chi connectivity index (χ1v) is 14.2. The van der Waals surface area contributed by atoms with Crippen LogP contribution >= 0.6 is 27.3 Å². The summed E-state index contributed by atoms with van der Waals surface area (Å²) < 4.78 is 0.750. The molecular weight excluding hydrogens is 522 g/mol. The molecule has 1 aromatic heterocycles. The van der Waals surface area contributed by atoms with E-state index in [0.717, 1.165) is 58.8 Å². The molecule has 5 nitrogen and oxygen atoms in total. The van der Waals surface area contributed by atoms with Crippen LogP contribution in [-0.2, 0) is 22.0 Å². The predicted molar refractivity (Wildman–Crippen MR) is 147 cm³/mol. The number of Topliss-reactive ketones (excluding diaryl/α,β-unsaturated/α-hetero) is 1. The van der Waals surface area contributed by atoms with Gasteiger partial charge in [-0.25, -0.2) is 0 Å². The third kappa shape index (κ3) is 5.15. The van der Waals surface area contributed by atoms with Gasteiger partial charge in [0.1, 0.15) is 0 Å². The quantitative estimate of drug-likeness (QED) is 0.451. The number of thiophene rings is 1. The van der Waals surface area contributed by atoms with Gasteiger partial charge >= 0.3 is 0 Å². The molecule has 7 heteroatoms. The van der Waals surface area contributed by atoms with E-state index in [1.807, 2.05) is 19.9 Å². The van der Waals surface area contributed by atoms with Gasteiger partial charge in [-0.2, -0.15) is 0 Å². The van der Waals surface area contributed by atoms with E-state index in [9.17, 15) is 9.59 Å². The van der Waals surface area contributed by atoms with E-state index in [0.29, 0.717) is 11.8 Å². The second-order valence-electron chi connectivity index (χ2n) is 11.7. The van der Waals surface area contributed by atoms with Crippen molar-refractivity contribution in [1.29, 1.82) is 0 Å². The number of ketones is 1. The molecule has 2 aromatic rings. The molecule has 2 aliphatic heterocycles. The molecule has 0 radical (unpaired) electrons. The summed E-state index contributed by atoms with van der Waals surface area (Å²) in [6.45, 7) is 13.8. The Labute approximate surface area is 222 Å². The van der Waals surface area contributed by atoms with E-state index in [-0.39, 0.29) is 23.1 Å². The van der Waals surface area contributed by atoms with Crippen molar-refractivity contribution in [3.05, 3.63) is 55.7 Å². The van der Waals surface area contributed by atoms with E-state index in [4.69, 9.17) is 5.73 Å². The van der Waals surface area contributed by atoms with Crippen LogP contribution in [0.5, 0.6) is 0 Å². The average Bonchev–Trinajstić information content (AvgIpc) is 3.46. The maximum Gasteiger partial charge on any atom is 0.228 e. The monoisotopic (exact) mass is 559 g/mol. The third-order valence-corrected chi connectivity index (χ3v) is 10.6. The van der Waals surface area contributed by atoms with Crippen LogP contribution in [0.15, 0.2) is 34.8 Å². The van der Waals surface area contributed by atoms with E-state index >= 15 is 0 Å². The minimum Gasteiger partial charge on any atom is -0.369 e. The fourth-order valence-corrected chi connectivity index (χ4v) is 8.18. The normalized spacial score (nSPS) is 23.0. The van der Waals surface area contributed by atoms with E-state index < -0.39 is 5.41 Å². The summed E-state index contributed by atoms with van der Waals surface area (Å²) in [5.41, 5.74) is 6.78. The van der Waals surface area contributed by atoms with Crippen LogP contribution in [0.25, 0.3) is 0 Å². The van der Waals surface area contributed by atoms with Crippen molar-refractivity contribution in [1.82, 2.24) is 10.2 Å². The number of carbonyl (C=O) groups excluding carboxylic acids is 2. The van der Waals surface area contributed by atoms with Crippen LogP contribution in [0.2, 0.25) is 0 Å². The third-order valence-electron chi connectivity index (χ3n) is 7.64. The zero-order chi connectivity index (χ0) is 25.5. The molecule has 2 saturated heterocycles. The lowest BCUT2D eigenvalue weighted by Crippen LogP contribution is -2.43. The largest absolute Gasteiger partial charge is 0.369 e. The molecule has 1 unspecified atom stereocenters. The molecule has 3 N–H and O–H groups in total. The predicted octanol–water partition coefficient (Wildman–Crippen LogP) is 4.91. The molecule has 0 spiro atoms. The first kappa shape index (κ1) is 26.5. The first-order chi connectivity index (χ1) is 16.4. The molecule has 35 heavy (non-hydrogen) atoms. The number of benzene rings is 1. The highest BCUT2D eigenvalue weighted by molar-refractivity contribution is 9.10. The molecule has 190 valence electrons. The minimum absolute atomic E-state index is 0.151. The fraction of sp³-hybridized carbons (Fsp3) is 0.571. The summed E-state index contributed by atoms with van der Waals surface area (Å²) >= 11 is 5.32. The number of hydrogen-bond acceptors (Lipinski definition) is 5. The number of rotatable bonds is 8. The molecule has 0 bridgehead atoms. The van der Waals surface area contributed by atoms with Gasteiger partial charge in [-0.1, -0.05) is 51.1 Å². The second-order valence-corrected chi connectivity index (χ2v) is 13.5. The van der Waals surface area contributed by atoms with Crippen LogP contribution < -0.4 is 11.1 Å². The lowest BCUT2D eigenvalue weighted by atomic mass is 9.83. The summed E-state index contributed by atoms with van der Waals surface area (Å²) in [6.07, 6.45) is 2.04. The van der Waals surface area contributed by atoms with Gasteiger partial charge in [-0.05, 0) is 78.5 Å². The lowest BCUT2D eigenvalue weighted by molar-refractivity contribution is -0.122. The Balaban J connectivity index is 1.67. The summed E-state index contributed by atoms with van der Waals surface area (Å²) in [5.74, 6) is 0.604. The molecule has 1 aromatic carbocycles. The summed E-state index contributed by atoms with van der Waals surface area (Å²) in [5, 5.41) is 3.52. The molecule has 3 heterocycles. The number of hydrogen-bond donors (Lipinski definition) is 2. The average molecular weight is 561 g/mol. The van der Waals surface area contributed by atoms with Gasteiger partial charge in [0.05, 0.1) is 11.5 Å². The van der Waals surface area contributed by atoms with Crippen molar-refractivity contribution in [2.45, 2.75) is 64.3 Å². The van der Waals surface area contributed by atoms with Crippen molar-refractivity contribution in [3.8, 4) is 0 Å². The number of likely N-dealkylation sites (tertiary alicyclic amines) is 1. The summed E-state index contributed by atoms with van der Waals surface area (Å²) in [6, 6.07) is 10.4. The highest BCUT2D eigenvalue weighted by Crippen LogP contribution is 2.47. The Kier molecular flexibility index (Phi) is 7.64. The Hall–Kier alpha value is -1.54. The van der Waals surface area contributed by atoms with Gasteiger partial charge in [0.15, 0.2) is 5.78 Å². The van der Waals surface area contributed by atoms with Crippen LogP contribution in [0.1, 0.15) is 66.7 Å². The van der Waals surface area contributed by atoms with Gasteiger partial charge in [0.25, 0.3) is 0 Å². The van der Waals surface area contributed by atoms with Crippen molar-refractivity contribution < 1.29 is 9.59 Å². The maximum absolute atomic E-state index is 14.4. The van der Waals surface area contributed by atoms with Gasteiger partial charge < -0.3 is 11.1 Å². The Morgan fingerprint density at radius 3 is 2.43 bits per heavy atom. The number of nitrogens with two attached hydrogens (primary N) is 1. The number of nitrogens with one attached hydrogen (secondary N) is 1. The number of halogens is 1. The van der Waals surface area contributed by atoms with E-state index in [1.165, 1.54) is 5.56 Å². The van der Waals surface area contributed by atoms with E-state index in [2.05, 4.69) is 71.2 Å². The Morgan fingerprint density at radius 2 is 1.80 bits per heavy atom. The second kappa shape index (κ2) is 10.1. The van der Waals surface area contributed by atoms with Crippen LogP contribution in [-0.4, -0.2) is 48.8 Å². The summed E-state index contributed by atoms with van der Waals surface area (Å²) in [4.78, 5) is 31.0. The topological polar surface area (TPSA) is 75.4 Å². The van der Waals surface area contributed by atoms with Crippen LogP contribution in [0.3, 0.4) is 0 Å². The van der Waals surface area contributed by atoms with Gasteiger partial charge in [-0.15, -0.1) is 11.3 Å². The molecule has 2 aliphatic rings.